The molecule has 118 valence electrons. The van der Waals surface area contributed by atoms with Crippen molar-refractivity contribution in [1.29, 1.82) is 0 Å². The van der Waals surface area contributed by atoms with E-state index in [2.05, 4.69) is 36.2 Å². The average Bonchev–Trinajstić information content (AvgIpc) is 2.86. The van der Waals surface area contributed by atoms with Crippen LogP contribution in [0.1, 0.15) is 52.3 Å². The van der Waals surface area contributed by atoms with Gasteiger partial charge in [-0.25, -0.2) is 9.67 Å². The minimum Gasteiger partial charge on any atom is -0.317 e. The maximum atomic E-state index is 12.9. The molecule has 5 nitrogen and oxygen atoms in total. The van der Waals surface area contributed by atoms with E-state index in [4.69, 9.17) is 0 Å². The fourth-order valence-electron chi connectivity index (χ4n) is 3.31. The average molecular weight is 292 g/mol. The Bertz CT molecular complexity index is 455. The number of hydrogen-bond acceptors (Lipinski definition) is 4. The van der Waals surface area contributed by atoms with E-state index in [1.54, 1.807) is 6.33 Å². The number of Topliss-reactive ketones (excluding diaryl/α,β-unsaturated/α-hetero) is 1. The van der Waals surface area contributed by atoms with Gasteiger partial charge in [-0.05, 0) is 38.3 Å². The van der Waals surface area contributed by atoms with Gasteiger partial charge in [-0.3, -0.25) is 4.79 Å². The molecule has 2 heterocycles. The van der Waals surface area contributed by atoms with Crippen LogP contribution in [0.4, 0.5) is 0 Å². The molecule has 21 heavy (non-hydrogen) atoms. The summed E-state index contributed by atoms with van der Waals surface area (Å²) in [6.45, 7) is 9.19. The first-order valence-corrected chi connectivity index (χ1v) is 8.18. The number of ketones is 1. The Morgan fingerprint density at radius 3 is 2.76 bits per heavy atom. The van der Waals surface area contributed by atoms with E-state index in [0.717, 1.165) is 51.1 Å². The molecule has 0 unspecified atom stereocenters. The molecule has 0 radical (unpaired) electrons. The lowest BCUT2D eigenvalue weighted by Crippen LogP contribution is -2.43. The van der Waals surface area contributed by atoms with Crippen molar-refractivity contribution in [2.75, 3.05) is 13.1 Å². The normalized spacial score (nSPS) is 18.1. The predicted molar refractivity (Wildman–Crippen MR) is 83.0 cm³/mol. The van der Waals surface area contributed by atoms with Crippen molar-refractivity contribution in [3.8, 4) is 0 Å². The SMILES string of the molecule is CCCC1(C(=O)Cc2ncnn2CC(C)C)CCNCC1. The van der Waals surface area contributed by atoms with Gasteiger partial charge in [-0.1, -0.05) is 27.2 Å². The highest BCUT2D eigenvalue weighted by Crippen LogP contribution is 2.36. The number of aromatic nitrogens is 3. The number of rotatable bonds is 7. The van der Waals surface area contributed by atoms with Gasteiger partial charge >= 0.3 is 0 Å². The summed E-state index contributed by atoms with van der Waals surface area (Å²) in [6, 6.07) is 0. The van der Waals surface area contributed by atoms with Gasteiger partial charge in [0.1, 0.15) is 17.9 Å². The van der Waals surface area contributed by atoms with Crippen molar-refractivity contribution in [1.82, 2.24) is 20.1 Å². The largest absolute Gasteiger partial charge is 0.317 e. The van der Waals surface area contributed by atoms with Crippen LogP contribution in [-0.4, -0.2) is 33.6 Å². The zero-order valence-corrected chi connectivity index (χ0v) is 13.6. The fourth-order valence-corrected chi connectivity index (χ4v) is 3.31. The minimum atomic E-state index is -0.144. The molecule has 0 aromatic carbocycles. The summed E-state index contributed by atoms with van der Waals surface area (Å²) in [5, 5.41) is 7.63. The predicted octanol–water partition coefficient (Wildman–Crippen LogP) is 2.22. The lowest BCUT2D eigenvalue weighted by atomic mass is 9.71. The zero-order valence-electron chi connectivity index (χ0n) is 13.6. The summed E-state index contributed by atoms with van der Waals surface area (Å²) in [4.78, 5) is 17.2. The van der Waals surface area contributed by atoms with Crippen LogP contribution in [0.5, 0.6) is 0 Å². The summed E-state index contributed by atoms with van der Waals surface area (Å²) in [5.74, 6) is 1.68. The van der Waals surface area contributed by atoms with Crippen LogP contribution in [0.25, 0.3) is 0 Å². The van der Waals surface area contributed by atoms with Crippen molar-refractivity contribution in [2.24, 2.45) is 11.3 Å². The highest BCUT2D eigenvalue weighted by atomic mass is 16.1. The molecule has 1 fully saturated rings. The lowest BCUT2D eigenvalue weighted by Gasteiger charge is -2.36. The molecule has 0 saturated carbocycles. The van der Waals surface area contributed by atoms with Crippen LogP contribution in [0.15, 0.2) is 6.33 Å². The fraction of sp³-hybridized carbons (Fsp3) is 0.812. The first-order chi connectivity index (χ1) is 10.1. The molecule has 1 N–H and O–H groups in total. The highest BCUT2D eigenvalue weighted by Gasteiger charge is 2.38. The van der Waals surface area contributed by atoms with E-state index in [1.807, 2.05) is 4.68 Å². The van der Waals surface area contributed by atoms with E-state index in [1.165, 1.54) is 0 Å². The quantitative estimate of drug-likeness (QED) is 0.837. The molecular formula is C16H28N4O. The Hall–Kier alpha value is -1.23. The Balaban J connectivity index is 2.10. The van der Waals surface area contributed by atoms with Gasteiger partial charge in [-0.2, -0.15) is 5.10 Å². The summed E-state index contributed by atoms with van der Waals surface area (Å²) in [5.41, 5.74) is -0.144. The minimum absolute atomic E-state index is 0.144. The summed E-state index contributed by atoms with van der Waals surface area (Å²) in [7, 11) is 0. The number of nitrogens with zero attached hydrogens (tertiary/aromatic N) is 3. The third-order valence-electron chi connectivity index (χ3n) is 4.43. The third kappa shape index (κ3) is 3.90. The third-order valence-corrected chi connectivity index (χ3v) is 4.43. The molecule has 1 aromatic rings. The van der Waals surface area contributed by atoms with E-state index in [0.29, 0.717) is 18.1 Å². The maximum absolute atomic E-state index is 12.9. The van der Waals surface area contributed by atoms with Crippen LogP contribution < -0.4 is 5.32 Å². The van der Waals surface area contributed by atoms with Gasteiger partial charge in [0.05, 0.1) is 6.42 Å². The van der Waals surface area contributed by atoms with E-state index in [-0.39, 0.29) is 5.41 Å². The van der Waals surface area contributed by atoms with Crippen LogP contribution in [0.2, 0.25) is 0 Å². The van der Waals surface area contributed by atoms with Crippen molar-refractivity contribution in [3.05, 3.63) is 12.2 Å². The van der Waals surface area contributed by atoms with E-state index < -0.39 is 0 Å². The van der Waals surface area contributed by atoms with Crippen LogP contribution in [0, 0.1) is 11.3 Å². The van der Waals surface area contributed by atoms with Crippen molar-refractivity contribution in [3.63, 3.8) is 0 Å². The molecule has 5 heteroatoms. The number of nitrogens with one attached hydrogen (secondary N) is 1. The van der Waals surface area contributed by atoms with Crippen LogP contribution >= 0.6 is 0 Å². The number of carbonyl (C=O) groups excluding carboxylic acids is 1. The second-order valence-electron chi connectivity index (χ2n) is 6.63. The van der Waals surface area contributed by atoms with Crippen LogP contribution in [0.3, 0.4) is 0 Å². The molecule has 0 bridgehead atoms. The van der Waals surface area contributed by atoms with E-state index >= 15 is 0 Å². The van der Waals surface area contributed by atoms with Gasteiger partial charge < -0.3 is 5.32 Å². The lowest BCUT2D eigenvalue weighted by molar-refractivity contribution is -0.130. The number of piperidine rings is 1. The summed E-state index contributed by atoms with van der Waals surface area (Å²) >= 11 is 0. The molecule has 0 atom stereocenters. The van der Waals surface area contributed by atoms with Gasteiger partial charge in [-0.15, -0.1) is 0 Å². The van der Waals surface area contributed by atoms with Gasteiger partial charge in [0.15, 0.2) is 0 Å². The second-order valence-corrected chi connectivity index (χ2v) is 6.63. The number of hydrogen-bond donors (Lipinski definition) is 1. The molecule has 1 saturated heterocycles. The topological polar surface area (TPSA) is 59.8 Å². The molecule has 2 rings (SSSR count). The first-order valence-electron chi connectivity index (χ1n) is 8.18. The molecule has 1 aliphatic rings. The maximum Gasteiger partial charge on any atom is 0.146 e. The smallest absolute Gasteiger partial charge is 0.146 e. The van der Waals surface area contributed by atoms with Crippen molar-refractivity contribution < 1.29 is 4.79 Å². The first kappa shape index (κ1) is 16.1. The van der Waals surface area contributed by atoms with Crippen molar-refractivity contribution in [2.45, 2.75) is 59.4 Å². The highest BCUT2D eigenvalue weighted by molar-refractivity contribution is 5.86. The molecule has 0 aliphatic carbocycles. The molecule has 1 aromatic heterocycles. The van der Waals surface area contributed by atoms with Gasteiger partial charge in [0, 0.05) is 12.0 Å². The molecule has 0 spiro atoms. The van der Waals surface area contributed by atoms with Crippen LogP contribution in [-0.2, 0) is 17.8 Å². The summed E-state index contributed by atoms with van der Waals surface area (Å²) < 4.78 is 1.89. The summed E-state index contributed by atoms with van der Waals surface area (Å²) in [6.07, 6.45) is 5.96. The second kappa shape index (κ2) is 7.16. The Labute approximate surface area is 127 Å². The Morgan fingerprint density at radius 1 is 1.43 bits per heavy atom. The van der Waals surface area contributed by atoms with Crippen molar-refractivity contribution >= 4 is 5.78 Å². The Kier molecular flexibility index (Phi) is 5.51. The van der Waals surface area contributed by atoms with Gasteiger partial charge in [0.2, 0.25) is 0 Å². The van der Waals surface area contributed by atoms with E-state index in [9.17, 15) is 4.79 Å². The molecule has 0 amide bonds. The number of carbonyl (C=O) groups is 1. The van der Waals surface area contributed by atoms with Gasteiger partial charge in [0.25, 0.3) is 0 Å². The molecular weight excluding hydrogens is 264 g/mol. The zero-order chi connectivity index (χ0) is 15.3. The molecule has 1 aliphatic heterocycles. The standard InChI is InChI=1S/C16H28N4O/c1-4-5-16(6-8-17-9-7-16)14(21)10-15-18-12-19-20(15)11-13(2)3/h12-13,17H,4-11H2,1-3H3. The Morgan fingerprint density at radius 2 is 2.14 bits per heavy atom. The monoisotopic (exact) mass is 292 g/mol.